The monoisotopic (exact) mass is 239 g/mol. The van der Waals surface area contributed by atoms with Crippen LogP contribution in [0, 0.1) is 10.1 Å². The number of hydrogen-bond acceptors (Lipinski definition) is 3. The summed E-state index contributed by atoms with van der Waals surface area (Å²) in [5, 5.41) is 11.0. The van der Waals surface area contributed by atoms with Gasteiger partial charge < -0.3 is 4.98 Å². The Morgan fingerprint density at radius 3 is 2.89 bits per heavy atom. The molecule has 3 aromatic rings. The number of nitrogens with zero attached hydrogens (tertiary/aromatic N) is 2. The Bertz CT molecular complexity index is 734. The first-order valence-electron chi connectivity index (χ1n) is 5.42. The number of H-pyrrole nitrogens is 1. The second-order valence-corrected chi connectivity index (χ2v) is 3.91. The average molecular weight is 239 g/mol. The molecule has 88 valence electrons. The van der Waals surface area contributed by atoms with Crippen molar-refractivity contribution in [2.45, 2.75) is 0 Å². The summed E-state index contributed by atoms with van der Waals surface area (Å²) in [6.45, 7) is 0. The Labute approximate surface area is 102 Å². The van der Waals surface area contributed by atoms with Crippen LogP contribution in [0.2, 0.25) is 0 Å². The lowest BCUT2D eigenvalue weighted by Gasteiger charge is -2.02. The van der Waals surface area contributed by atoms with E-state index in [1.807, 2.05) is 12.1 Å². The molecule has 1 N–H and O–H groups in total. The summed E-state index contributed by atoms with van der Waals surface area (Å²) in [7, 11) is 0. The van der Waals surface area contributed by atoms with Crippen LogP contribution in [0.1, 0.15) is 0 Å². The molecule has 0 amide bonds. The van der Waals surface area contributed by atoms with E-state index in [4.69, 9.17) is 0 Å². The van der Waals surface area contributed by atoms with Gasteiger partial charge in [0, 0.05) is 24.0 Å². The Kier molecular flexibility index (Phi) is 2.30. The average Bonchev–Trinajstić information content (AvgIpc) is 2.85. The van der Waals surface area contributed by atoms with Crippen molar-refractivity contribution >= 4 is 16.7 Å². The van der Waals surface area contributed by atoms with E-state index in [0.717, 1.165) is 16.6 Å². The molecule has 3 rings (SSSR count). The smallest absolute Gasteiger partial charge is 0.277 e. The maximum atomic E-state index is 11.0. The number of nitro benzene ring substituents is 1. The van der Waals surface area contributed by atoms with Gasteiger partial charge in [0.05, 0.1) is 21.5 Å². The minimum atomic E-state index is -0.381. The van der Waals surface area contributed by atoms with E-state index in [2.05, 4.69) is 9.97 Å². The standard InChI is InChI=1S/C13H9N3O2/c17-16(18)13-4-2-1-3-10(13)9-7-12-11(15-8-9)5-6-14-12/h1-8,14H. The number of hydrogen-bond donors (Lipinski definition) is 1. The van der Waals surface area contributed by atoms with E-state index < -0.39 is 0 Å². The fourth-order valence-electron chi connectivity index (χ4n) is 1.96. The molecule has 5 heteroatoms. The van der Waals surface area contributed by atoms with Crippen LogP contribution in [-0.4, -0.2) is 14.9 Å². The number of rotatable bonds is 2. The number of benzene rings is 1. The van der Waals surface area contributed by atoms with Crippen molar-refractivity contribution in [1.29, 1.82) is 0 Å². The van der Waals surface area contributed by atoms with Crippen molar-refractivity contribution in [3.05, 3.63) is 58.9 Å². The number of nitro groups is 1. The third kappa shape index (κ3) is 1.62. The van der Waals surface area contributed by atoms with Gasteiger partial charge in [0.25, 0.3) is 5.69 Å². The fourth-order valence-corrected chi connectivity index (χ4v) is 1.96. The van der Waals surface area contributed by atoms with Crippen molar-refractivity contribution in [3.8, 4) is 11.1 Å². The van der Waals surface area contributed by atoms with Crippen LogP contribution < -0.4 is 0 Å². The molecule has 0 atom stereocenters. The summed E-state index contributed by atoms with van der Waals surface area (Å²) in [5.41, 5.74) is 3.11. The topological polar surface area (TPSA) is 71.8 Å². The summed E-state index contributed by atoms with van der Waals surface area (Å²) >= 11 is 0. The highest BCUT2D eigenvalue weighted by molar-refractivity contribution is 5.83. The van der Waals surface area contributed by atoms with Crippen LogP contribution in [0.25, 0.3) is 22.2 Å². The van der Waals surface area contributed by atoms with E-state index in [0.29, 0.717) is 5.56 Å². The van der Waals surface area contributed by atoms with E-state index in [1.54, 1.807) is 30.6 Å². The summed E-state index contributed by atoms with van der Waals surface area (Å²) < 4.78 is 0. The molecule has 1 aromatic carbocycles. The van der Waals surface area contributed by atoms with Gasteiger partial charge in [0.15, 0.2) is 0 Å². The van der Waals surface area contributed by atoms with Gasteiger partial charge in [0.2, 0.25) is 0 Å². The van der Waals surface area contributed by atoms with E-state index in [9.17, 15) is 10.1 Å². The minimum Gasteiger partial charge on any atom is -0.360 e. The molecule has 0 radical (unpaired) electrons. The SMILES string of the molecule is O=[N+]([O-])c1ccccc1-c1cnc2cc[nH]c2c1. The third-order valence-electron chi connectivity index (χ3n) is 2.81. The zero-order valence-corrected chi connectivity index (χ0v) is 9.33. The molecule has 0 aliphatic carbocycles. The zero-order valence-electron chi connectivity index (χ0n) is 9.33. The molecule has 18 heavy (non-hydrogen) atoms. The van der Waals surface area contributed by atoms with Crippen molar-refractivity contribution < 1.29 is 4.92 Å². The highest BCUT2D eigenvalue weighted by atomic mass is 16.6. The van der Waals surface area contributed by atoms with E-state index in [1.165, 1.54) is 6.07 Å². The maximum Gasteiger partial charge on any atom is 0.277 e. The number of fused-ring (bicyclic) bond motifs is 1. The van der Waals surface area contributed by atoms with E-state index in [-0.39, 0.29) is 10.6 Å². The normalized spacial score (nSPS) is 10.7. The van der Waals surface area contributed by atoms with Gasteiger partial charge in [0.1, 0.15) is 0 Å². The predicted octanol–water partition coefficient (Wildman–Crippen LogP) is 3.14. The van der Waals surface area contributed by atoms with Crippen LogP contribution in [0.3, 0.4) is 0 Å². The summed E-state index contributed by atoms with van der Waals surface area (Å²) in [6, 6.07) is 10.4. The third-order valence-corrected chi connectivity index (χ3v) is 2.81. The quantitative estimate of drug-likeness (QED) is 0.551. The van der Waals surface area contributed by atoms with Crippen LogP contribution in [0.5, 0.6) is 0 Å². The first-order chi connectivity index (χ1) is 8.75. The van der Waals surface area contributed by atoms with Gasteiger partial charge in [-0.3, -0.25) is 15.1 Å². The van der Waals surface area contributed by atoms with Crippen LogP contribution in [0.4, 0.5) is 5.69 Å². The van der Waals surface area contributed by atoms with E-state index >= 15 is 0 Å². The molecule has 0 saturated carbocycles. The second-order valence-electron chi connectivity index (χ2n) is 3.91. The van der Waals surface area contributed by atoms with Gasteiger partial charge in [-0.15, -0.1) is 0 Å². The molecule has 0 bridgehead atoms. The van der Waals surface area contributed by atoms with Crippen molar-refractivity contribution in [2.75, 3.05) is 0 Å². The van der Waals surface area contributed by atoms with Gasteiger partial charge in [-0.05, 0) is 18.2 Å². The molecule has 0 saturated heterocycles. The lowest BCUT2D eigenvalue weighted by atomic mass is 10.1. The zero-order chi connectivity index (χ0) is 12.5. The fraction of sp³-hybridized carbons (Fsp3) is 0. The summed E-state index contributed by atoms with van der Waals surface area (Å²) in [6.07, 6.45) is 3.44. The van der Waals surface area contributed by atoms with Crippen LogP contribution >= 0.6 is 0 Å². The Morgan fingerprint density at radius 1 is 1.22 bits per heavy atom. The number of pyridine rings is 1. The van der Waals surface area contributed by atoms with Gasteiger partial charge >= 0.3 is 0 Å². The summed E-state index contributed by atoms with van der Waals surface area (Å²) in [5.74, 6) is 0. The first kappa shape index (κ1) is 10.5. The molecule has 0 unspecified atom stereocenters. The van der Waals surface area contributed by atoms with Crippen molar-refractivity contribution in [2.24, 2.45) is 0 Å². The molecule has 5 nitrogen and oxygen atoms in total. The highest BCUT2D eigenvalue weighted by Crippen LogP contribution is 2.30. The van der Waals surface area contributed by atoms with Crippen LogP contribution in [-0.2, 0) is 0 Å². The highest BCUT2D eigenvalue weighted by Gasteiger charge is 2.14. The molecule has 2 aromatic heterocycles. The molecular formula is C13H9N3O2. The molecule has 0 spiro atoms. The summed E-state index contributed by atoms with van der Waals surface area (Å²) in [4.78, 5) is 17.9. The Balaban J connectivity index is 2.22. The minimum absolute atomic E-state index is 0.0882. The van der Waals surface area contributed by atoms with Gasteiger partial charge in [-0.25, -0.2) is 0 Å². The number of nitrogens with one attached hydrogen (secondary N) is 1. The van der Waals surface area contributed by atoms with Crippen LogP contribution in [0.15, 0.2) is 48.8 Å². The Hall–Kier alpha value is -2.69. The molecule has 0 fully saturated rings. The van der Waals surface area contributed by atoms with Crippen molar-refractivity contribution in [1.82, 2.24) is 9.97 Å². The lowest BCUT2D eigenvalue weighted by molar-refractivity contribution is -0.384. The first-order valence-corrected chi connectivity index (χ1v) is 5.42. The predicted molar refractivity (Wildman–Crippen MR) is 68.2 cm³/mol. The van der Waals surface area contributed by atoms with Gasteiger partial charge in [-0.1, -0.05) is 12.1 Å². The molecular weight excluding hydrogens is 230 g/mol. The largest absolute Gasteiger partial charge is 0.360 e. The second kappa shape index (κ2) is 3.96. The number of aromatic amines is 1. The molecule has 0 aliphatic heterocycles. The molecule has 0 aliphatic rings. The lowest BCUT2D eigenvalue weighted by Crippen LogP contribution is -1.91. The molecule has 2 heterocycles. The number of para-hydroxylation sites is 1. The van der Waals surface area contributed by atoms with Crippen molar-refractivity contribution in [3.63, 3.8) is 0 Å². The Morgan fingerprint density at radius 2 is 2.06 bits per heavy atom. The number of aromatic nitrogens is 2. The van der Waals surface area contributed by atoms with Gasteiger partial charge in [-0.2, -0.15) is 0 Å². The maximum absolute atomic E-state index is 11.0.